The molecular weight excluding hydrogens is 280 g/mol. The predicted octanol–water partition coefficient (Wildman–Crippen LogP) is 1.80. The molecule has 0 amide bonds. The number of nitrogens with zero attached hydrogens (tertiary/aromatic N) is 3. The SMILES string of the molecule is NC1CSCC1c1nc(-c2ccccc2[N+](=O)[O-])no1. The molecule has 0 saturated carbocycles. The minimum absolute atomic E-state index is 0.0148. The van der Waals surface area contributed by atoms with Crippen LogP contribution in [0.3, 0.4) is 0 Å². The molecule has 104 valence electrons. The van der Waals surface area contributed by atoms with Gasteiger partial charge in [0.05, 0.1) is 10.8 Å². The van der Waals surface area contributed by atoms with Crippen molar-refractivity contribution < 1.29 is 9.45 Å². The zero-order chi connectivity index (χ0) is 14.1. The fourth-order valence-corrected chi connectivity index (χ4v) is 3.43. The molecule has 20 heavy (non-hydrogen) atoms. The van der Waals surface area contributed by atoms with E-state index in [1.165, 1.54) is 6.07 Å². The summed E-state index contributed by atoms with van der Waals surface area (Å²) in [5, 5.41) is 14.9. The van der Waals surface area contributed by atoms with E-state index in [2.05, 4.69) is 10.1 Å². The third-order valence-corrected chi connectivity index (χ3v) is 4.44. The highest BCUT2D eigenvalue weighted by molar-refractivity contribution is 7.99. The highest BCUT2D eigenvalue weighted by atomic mass is 32.2. The Bertz CT molecular complexity index is 645. The first-order valence-electron chi connectivity index (χ1n) is 6.07. The molecule has 1 aromatic heterocycles. The molecule has 3 rings (SSSR count). The number of hydrogen-bond acceptors (Lipinski definition) is 7. The highest BCUT2D eigenvalue weighted by Crippen LogP contribution is 2.33. The van der Waals surface area contributed by atoms with E-state index < -0.39 is 4.92 Å². The number of nitro groups is 1. The molecule has 1 aromatic carbocycles. The lowest BCUT2D eigenvalue weighted by atomic mass is 10.1. The summed E-state index contributed by atoms with van der Waals surface area (Å²) in [5.74, 6) is 2.39. The standard InChI is InChI=1S/C12H12N4O3S/c13-9-6-20-5-8(9)12-14-11(15-19-12)7-3-1-2-4-10(7)16(17)18/h1-4,8-9H,5-6,13H2. The van der Waals surface area contributed by atoms with Crippen LogP contribution in [0, 0.1) is 10.1 Å². The molecule has 2 heterocycles. The van der Waals surface area contributed by atoms with Crippen molar-refractivity contribution in [3.05, 3.63) is 40.3 Å². The third-order valence-electron chi connectivity index (χ3n) is 3.23. The van der Waals surface area contributed by atoms with Crippen molar-refractivity contribution >= 4 is 17.4 Å². The molecule has 0 aliphatic carbocycles. The smallest absolute Gasteiger partial charge is 0.280 e. The van der Waals surface area contributed by atoms with Gasteiger partial charge in [-0.25, -0.2) is 0 Å². The van der Waals surface area contributed by atoms with E-state index in [4.69, 9.17) is 10.3 Å². The monoisotopic (exact) mass is 292 g/mol. The number of aromatic nitrogens is 2. The van der Waals surface area contributed by atoms with Crippen LogP contribution in [-0.4, -0.2) is 32.6 Å². The lowest BCUT2D eigenvalue weighted by Crippen LogP contribution is -2.26. The molecule has 1 fully saturated rings. The lowest BCUT2D eigenvalue weighted by Gasteiger charge is -2.07. The maximum atomic E-state index is 11.0. The second kappa shape index (κ2) is 5.22. The number of nitrogens with two attached hydrogens (primary N) is 1. The van der Waals surface area contributed by atoms with Gasteiger partial charge in [-0.2, -0.15) is 16.7 Å². The number of rotatable bonds is 3. The zero-order valence-corrected chi connectivity index (χ0v) is 11.2. The van der Waals surface area contributed by atoms with E-state index in [1.807, 2.05) is 0 Å². The van der Waals surface area contributed by atoms with Gasteiger partial charge in [-0.1, -0.05) is 17.3 Å². The fourth-order valence-electron chi connectivity index (χ4n) is 2.14. The molecule has 0 radical (unpaired) electrons. The van der Waals surface area contributed by atoms with Gasteiger partial charge in [0.1, 0.15) is 5.56 Å². The molecule has 0 bridgehead atoms. The van der Waals surface area contributed by atoms with Crippen LogP contribution in [0.4, 0.5) is 5.69 Å². The summed E-state index contributed by atoms with van der Waals surface area (Å²) in [6.45, 7) is 0. The number of hydrogen-bond donors (Lipinski definition) is 1. The van der Waals surface area contributed by atoms with Crippen LogP contribution in [0.5, 0.6) is 0 Å². The van der Waals surface area contributed by atoms with E-state index >= 15 is 0 Å². The van der Waals surface area contributed by atoms with E-state index in [-0.39, 0.29) is 23.5 Å². The number of nitro benzene ring substituents is 1. The summed E-state index contributed by atoms with van der Waals surface area (Å²) >= 11 is 1.74. The van der Waals surface area contributed by atoms with Gasteiger partial charge >= 0.3 is 0 Å². The van der Waals surface area contributed by atoms with Gasteiger partial charge in [0, 0.05) is 23.6 Å². The Labute approximate surface area is 118 Å². The largest absolute Gasteiger partial charge is 0.339 e. The third kappa shape index (κ3) is 2.27. The number of thioether (sulfide) groups is 1. The molecule has 1 saturated heterocycles. The first-order chi connectivity index (χ1) is 9.66. The molecule has 0 spiro atoms. The van der Waals surface area contributed by atoms with Crippen molar-refractivity contribution in [3.8, 4) is 11.4 Å². The Morgan fingerprint density at radius 1 is 1.40 bits per heavy atom. The van der Waals surface area contributed by atoms with Gasteiger partial charge < -0.3 is 10.3 Å². The molecule has 2 N–H and O–H groups in total. The topological polar surface area (TPSA) is 108 Å². The Kier molecular flexibility index (Phi) is 3.41. The van der Waals surface area contributed by atoms with E-state index in [0.717, 1.165) is 11.5 Å². The molecule has 2 unspecified atom stereocenters. The molecule has 2 aromatic rings. The number of para-hydroxylation sites is 1. The van der Waals surface area contributed by atoms with Crippen molar-refractivity contribution in [3.63, 3.8) is 0 Å². The average molecular weight is 292 g/mol. The maximum absolute atomic E-state index is 11.0. The normalized spacial score (nSPS) is 22.1. The molecule has 2 atom stereocenters. The highest BCUT2D eigenvalue weighted by Gasteiger charge is 2.31. The van der Waals surface area contributed by atoms with Gasteiger partial charge in [0.2, 0.25) is 11.7 Å². The fraction of sp³-hybridized carbons (Fsp3) is 0.333. The van der Waals surface area contributed by atoms with E-state index in [1.54, 1.807) is 30.0 Å². The predicted molar refractivity (Wildman–Crippen MR) is 74.4 cm³/mol. The van der Waals surface area contributed by atoms with Crippen molar-refractivity contribution in [2.45, 2.75) is 12.0 Å². The minimum atomic E-state index is -0.456. The molecule has 8 heteroatoms. The molecular formula is C12H12N4O3S. The number of benzene rings is 1. The Morgan fingerprint density at radius 2 is 2.20 bits per heavy atom. The first-order valence-corrected chi connectivity index (χ1v) is 7.23. The van der Waals surface area contributed by atoms with Crippen molar-refractivity contribution in [2.24, 2.45) is 5.73 Å². The van der Waals surface area contributed by atoms with Crippen molar-refractivity contribution in [1.82, 2.24) is 10.1 Å². The van der Waals surface area contributed by atoms with Gasteiger partial charge in [-0.3, -0.25) is 10.1 Å². The summed E-state index contributed by atoms with van der Waals surface area (Å²) in [5.41, 5.74) is 6.30. The first kappa shape index (κ1) is 13.1. The van der Waals surface area contributed by atoms with Crippen LogP contribution >= 0.6 is 11.8 Å². The van der Waals surface area contributed by atoms with E-state index in [9.17, 15) is 10.1 Å². The van der Waals surface area contributed by atoms with Crippen LogP contribution in [-0.2, 0) is 0 Å². The van der Waals surface area contributed by atoms with Gasteiger partial charge in [0.25, 0.3) is 5.69 Å². The second-order valence-corrected chi connectivity index (χ2v) is 5.61. The van der Waals surface area contributed by atoms with E-state index in [0.29, 0.717) is 11.5 Å². The minimum Gasteiger partial charge on any atom is -0.339 e. The summed E-state index contributed by atoms with van der Waals surface area (Å²) in [6.07, 6.45) is 0. The van der Waals surface area contributed by atoms with Crippen molar-refractivity contribution in [1.29, 1.82) is 0 Å². The molecule has 1 aliphatic heterocycles. The summed E-state index contributed by atoms with van der Waals surface area (Å²) in [4.78, 5) is 14.8. The summed E-state index contributed by atoms with van der Waals surface area (Å²) in [7, 11) is 0. The average Bonchev–Trinajstić information content (AvgIpc) is 3.07. The van der Waals surface area contributed by atoms with Gasteiger partial charge in [-0.15, -0.1) is 0 Å². The molecule has 1 aliphatic rings. The molecule has 7 nitrogen and oxygen atoms in total. The Balaban J connectivity index is 1.96. The zero-order valence-electron chi connectivity index (χ0n) is 10.4. The van der Waals surface area contributed by atoms with Crippen LogP contribution < -0.4 is 5.73 Å². The summed E-state index contributed by atoms with van der Waals surface area (Å²) < 4.78 is 5.23. The second-order valence-electron chi connectivity index (χ2n) is 4.54. The van der Waals surface area contributed by atoms with Crippen LogP contribution in [0.25, 0.3) is 11.4 Å². The van der Waals surface area contributed by atoms with Crippen LogP contribution in [0.2, 0.25) is 0 Å². The maximum Gasteiger partial charge on any atom is 0.280 e. The van der Waals surface area contributed by atoms with Crippen LogP contribution in [0.15, 0.2) is 28.8 Å². The van der Waals surface area contributed by atoms with Gasteiger partial charge in [0.15, 0.2) is 0 Å². The Morgan fingerprint density at radius 3 is 2.90 bits per heavy atom. The summed E-state index contributed by atoms with van der Waals surface area (Å²) in [6, 6.07) is 6.32. The lowest BCUT2D eigenvalue weighted by molar-refractivity contribution is -0.384. The quantitative estimate of drug-likeness (QED) is 0.678. The van der Waals surface area contributed by atoms with Crippen molar-refractivity contribution in [2.75, 3.05) is 11.5 Å². The van der Waals surface area contributed by atoms with Gasteiger partial charge in [-0.05, 0) is 6.07 Å². The van der Waals surface area contributed by atoms with Crippen LogP contribution in [0.1, 0.15) is 11.8 Å². The Hall–Kier alpha value is -1.93.